The molecule has 0 radical (unpaired) electrons. The minimum absolute atomic E-state index is 0.220. The summed E-state index contributed by atoms with van der Waals surface area (Å²) in [6.07, 6.45) is 7.58. The molecule has 0 aromatic heterocycles. The van der Waals surface area contributed by atoms with Crippen LogP contribution in [0.4, 0.5) is 4.39 Å². The van der Waals surface area contributed by atoms with Gasteiger partial charge in [0.2, 0.25) is 0 Å². The Morgan fingerprint density at radius 2 is 2.08 bits per heavy atom. The van der Waals surface area contributed by atoms with Gasteiger partial charge in [0.05, 0.1) is 13.8 Å². The number of piperidine rings is 1. The summed E-state index contributed by atoms with van der Waals surface area (Å²) in [5.41, 5.74) is 4.25. The van der Waals surface area contributed by atoms with Gasteiger partial charge in [-0.25, -0.2) is 0 Å². The van der Waals surface area contributed by atoms with Crippen molar-refractivity contribution in [2.24, 2.45) is 11.8 Å². The number of benzene rings is 1. The van der Waals surface area contributed by atoms with E-state index < -0.39 is 0 Å². The van der Waals surface area contributed by atoms with Gasteiger partial charge in [0.1, 0.15) is 5.75 Å². The number of aryl methyl sites for hydroxylation is 1. The average Bonchev–Trinajstić information content (AvgIpc) is 2.60. The van der Waals surface area contributed by atoms with E-state index in [9.17, 15) is 4.39 Å². The molecule has 0 aliphatic carbocycles. The van der Waals surface area contributed by atoms with E-state index in [4.69, 9.17) is 4.74 Å². The highest BCUT2D eigenvalue weighted by atomic mass is 19.1. The number of fused-ring (bicyclic) bond motifs is 3. The molecule has 2 heterocycles. The first-order chi connectivity index (χ1) is 12.1. The highest BCUT2D eigenvalue weighted by molar-refractivity contribution is 5.45. The molecule has 3 heteroatoms. The Balaban J connectivity index is 1.76. The Labute approximate surface area is 152 Å². The summed E-state index contributed by atoms with van der Waals surface area (Å²) < 4.78 is 18.1. The predicted octanol–water partition coefficient (Wildman–Crippen LogP) is 5.34. The van der Waals surface area contributed by atoms with Crippen LogP contribution >= 0.6 is 0 Å². The van der Waals surface area contributed by atoms with E-state index >= 15 is 0 Å². The summed E-state index contributed by atoms with van der Waals surface area (Å²) in [7, 11) is 1.76. The quantitative estimate of drug-likeness (QED) is 0.617. The van der Waals surface area contributed by atoms with E-state index in [1.54, 1.807) is 7.11 Å². The molecule has 0 N–H and O–H groups in total. The van der Waals surface area contributed by atoms with Gasteiger partial charge in [0.15, 0.2) is 0 Å². The predicted molar refractivity (Wildman–Crippen MR) is 102 cm³/mol. The fourth-order valence-corrected chi connectivity index (χ4v) is 4.86. The molecule has 140 valence electrons. The zero-order valence-electron chi connectivity index (χ0n) is 16.2. The van der Waals surface area contributed by atoms with Gasteiger partial charge < -0.3 is 4.74 Å². The van der Waals surface area contributed by atoms with Crippen molar-refractivity contribution >= 4 is 0 Å². The number of hydrogen-bond acceptors (Lipinski definition) is 2. The molecule has 0 amide bonds. The topological polar surface area (TPSA) is 12.5 Å². The number of hydrogen-bond donors (Lipinski definition) is 0. The maximum atomic E-state index is 12.4. The number of ether oxygens (including phenoxy) is 1. The first-order valence-electron chi connectivity index (χ1n) is 10.1. The van der Waals surface area contributed by atoms with Crippen molar-refractivity contribution < 1.29 is 9.13 Å². The first kappa shape index (κ1) is 18.7. The summed E-state index contributed by atoms with van der Waals surface area (Å²) in [4.78, 5) is 2.71. The third kappa shape index (κ3) is 4.36. The Hall–Kier alpha value is -1.09. The molecule has 3 rings (SSSR count). The number of halogens is 1. The van der Waals surface area contributed by atoms with Gasteiger partial charge >= 0.3 is 0 Å². The van der Waals surface area contributed by atoms with Crippen LogP contribution in [0.5, 0.6) is 5.75 Å². The Morgan fingerprint density at radius 1 is 1.24 bits per heavy atom. The molecule has 25 heavy (non-hydrogen) atoms. The fourth-order valence-electron chi connectivity index (χ4n) is 4.86. The van der Waals surface area contributed by atoms with Crippen molar-refractivity contribution in [3.05, 3.63) is 28.8 Å². The van der Waals surface area contributed by atoms with Crippen LogP contribution in [-0.2, 0) is 12.8 Å². The summed E-state index contributed by atoms with van der Waals surface area (Å²) in [6, 6.07) is 5.21. The number of nitrogens with zero attached hydrogens (tertiary/aromatic N) is 1. The van der Waals surface area contributed by atoms with Gasteiger partial charge in [-0.3, -0.25) is 9.29 Å². The maximum Gasteiger partial charge on any atom is 0.122 e. The van der Waals surface area contributed by atoms with Crippen LogP contribution in [0.25, 0.3) is 0 Å². The zero-order chi connectivity index (χ0) is 17.8. The van der Waals surface area contributed by atoms with Crippen LogP contribution in [0.3, 0.4) is 0 Å². The van der Waals surface area contributed by atoms with Crippen LogP contribution in [0, 0.1) is 11.8 Å². The lowest BCUT2D eigenvalue weighted by atomic mass is 9.80. The van der Waals surface area contributed by atoms with Gasteiger partial charge in [-0.05, 0) is 79.5 Å². The van der Waals surface area contributed by atoms with Crippen molar-refractivity contribution in [1.82, 2.24) is 4.90 Å². The Bertz CT molecular complexity index is 571. The van der Waals surface area contributed by atoms with E-state index in [1.165, 1.54) is 49.0 Å². The second kappa shape index (κ2) is 8.53. The zero-order valence-corrected chi connectivity index (χ0v) is 16.2. The minimum atomic E-state index is -0.220. The lowest BCUT2D eigenvalue weighted by molar-refractivity contribution is 0.0895. The lowest BCUT2D eigenvalue weighted by Gasteiger charge is -2.44. The van der Waals surface area contributed by atoms with E-state index in [0.29, 0.717) is 12.5 Å². The highest BCUT2D eigenvalue weighted by Crippen LogP contribution is 2.42. The van der Waals surface area contributed by atoms with Crippen LogP contribution in [-0.4, -0.2) is 31.8 Å². The molecule has 2 aliphatic heterocycles. The number of unbranched alkanes of at least 4 members (excludes halogenated alkanes) is 1. The summed E-state index contributed by atoms with van der Waals surface area (Å²) in [5, 5.41) is 0. The van der Waals surface area contributed by atoms with E-state index in [-0.39, 0.29) is 6.67 Å². The number of methoxy groups -OCH3 is 1. The number of alkyl halides is 1. The Morgan fingerprint density at radius 3 is 2.80 bits per heavy atom. The molecule has 2 unspecified atom stereocenters. The summed E-state index contributed by atoms with van der Waals surface area (Å²) >= 11 is 0. The fraction of sp³-hybridized carbons (Fsp3) is 0.727. The second-order valence-electron chi connectivity index (χ2n) is 8.34. The first-order valence-corrected chi connectivity index (χ1v) is 10.1. The minimum Gasteiger partial charge on any atom is -0.496 e. The molecule has 1 aromatic rings. The van der Waals surface area contributed by atoms with Gasteiger partial charge in [-0.15, -0.1) is 0 Å². The van der Waals surface area contributed by atoms with Crippen LogP contribution < -0.4 is 4.74 Å². The molecule has 1 aromatic carbocycles. The number of rotatable bonds is 7. The lowest BCUT2D eigenvalue weighted by Crippen LogP contribution is -2.42. The van der Waals surface area contributed by atoms with Crippen molar-refractivity contribution in [2.75, 3.05) is 26.9 Å². The molecular weight excluding hydrogens is 313 g/mol. The molecule has 0 spiro atoms. The van der Waals surface area contributed by atoms with Crippen LogP contribution in [0.2, 0.25) is 0 Å². The third-order valence-corrected chi connectivity index (χ3v) is 5.99. The monoisotopic (exact) mass is 347 g/mol. The third-order valence-electron chi connectivity index (χ3n) is 5.99. The molecule has 2 atom stereocenters. The van der Waals surface area contributed by atoms with Gasteiger partial charge in [-0.2, -0.15) is 0 Å². The largest absolute Gasteiger partial charge is 0.496 e. The molecular formula is C22H34FNO. The molecule has 1 fully saturated rings. The van der Waals surface area contributed by atoms with Gasteiger partial charge in [-0.1, -0.05) is 19.9 Å². The maximum absolute atomic E-state index is 12.4. The van der Waals surface area contributed by atoms with Gasteiger partial charge in [0, 0.05) is 19.1 Å². The highest BCUT2D eigenvalue weighted by Gasteiger charge is 2.34. The SMILES string of the molecule is COc1cc2c(cc1CCCCF)CCN1CC(CC(C)C)CCC21. The van der Waals surface area contributed by atoms with Crippen molar-refractivity contribution in [2.45, 2.75) is 64.8 Å². The molecule has 0 bridgehead atoms. The second-order valence-corrected chi connectivity index (χ2v) is 8.34. The van der Waals surface area contributed by atoms with E-state index in [0.717, 1.165) is 36.8 Å². The summed E-state index contributed by atoms with van der Waals surface area (Å²) in [6.45, 7) is 6.90. The molecule has 0 saturated carbocycles. The van der Waals surface area contributed by atoms with E-state index in [1.807, 2.05) is 0 Å². The van der Waals surface area contributed by atoms with Crippen molar-refractivity contribution in [3.63, 3.8) is 0 Å². The van der Waals surface area contributed by atoms with Crippen LogP contribution in [0.15, 0.2) is 12.1 Å². The van der Waals surface area contributed by atoms with Gasteiger partial charge in [0.25, 0.3) is 0 Å². The average molecular weight is 348 g/mol. The normalized spacial score (nSPS) is 23.4. The van der Waals surface area contributed by atoms with E-state index in [2.05, 4.69) is 30.9 Å². The van der Waals surface area contributed by atoms with Crippen molar-refractivity contribution in [3.8, 4) is 5.75 Å². The molecule has 1 saturated heterocycles. The smallest absolute Gasteiger partial charge is 0.122 e. The molecule has 2 aliphatic rings. The standard InChI is InChI=1S/C22H34FNO/c1-16(2)12-17-7-8-21-20-14-22(25-3)19(6-4-5-10-23)13-18(20)9-11-24(21)15-17/h13-14,16-17,21H,4-12,15H2,1-3H3. The van der Waals surface area contributed by atoms with Crippen LogP contribution in [0.1, 0.15) is 68.7 Å². The molecule has 2 nitrogen and oxygen atoms in total. The van der Waals surface area contributed by atoms with Crippen molar-refractivity contribution in [1.29, 1.82) is 0 Å². The summed E-state index contributed by atoms with van der Waals surface area (Å²) in [5.74, 6) is 2.66. The Kier molecular flexibility index (Phi) is 6.38.